The lowest BCUT2D eigenvalue weighted by Gasteiger charge is -2.26. The van der Waals surface area contributed by atoms with Crippen LogP contribution < -0.4 is 10.0 Å². The van der Waals surface area contributed by atoms with E-state index >= 15 is 0 Å². The largest absolute Gasteiger partial charge is 0.392 e. The molecule has 5 rings (SSSR count). The van der Waals surface area contributed by atoms with E-state index in [0.29, 0.717) is 31.5 Å². The van der Waals surface area contributed by atoms with Gasteiger partial charge in [0.2, 0.25) is 15.9 Å². The van der Waals surface area contributed by atoms with Crippen molar-refractivity contribution in [2.24, 2.45) is 5.92 Å². The zero-order valence-electron chi connectivity index (χ0n) is 24.1. The molecule has 1 aliphatic carbocycles. The summed E-state index contributed by atoms with van der Waals surface area (Å²) in [5.74, 6) is -1.09. The van der Waals surface area contributed by atoms with Gasteiger partial charge in [-0.25, -0.2) is 13.1 Å². The van der Waals surface area contributed by atoms with E-state index in [-0.39, 0.29) is 29.7 Å². The zero-order chi connectivity index (χ0) is 30.4. The van der Waals surface area contributed by atoms with Crippen molar-refractivity contribution >= 4 is 21.8 Å². The highest BCUT2D eigenvalue weighted by atomic mass is 32.2. The Labute approximate surface area is 253 Å². The van der Waals surface area contributed by atoms with Crippen LogP contribution in [0.15, 0.2) is 83.8 Å². The van der Waals surface area contributed by atoms with Crippen LogP contribution in [0, 0.1) is 5.92 Å². The number of nitrogens with one attached hydrogen (secondary N) is 2. The Balaban J connectivity index is 1.22. The minimum Gasteiger partial charge on any atom is -0.392 e. The fraction of sp³-hybridized carbons (Fsp3) is 0.394. The molecule has 1 fully saturated rings. The van der Waals surface area contributed by atoms with Gasteiger partial charge in [-0.2, -0.15) is 0 Å². The molecule has 2 aliphatic rings. The lowest BCUT2D eigenvalue weighted by atomic mass is 9.92. The van der Waals surface area contributed by atoms with E-state index in [9.17, 15) is 28.2 Å². The van der Waals surface area contributed by atoms with Crippen molar-refractivity contribution in [1.29, 1.82) is 0 Å². The summed E-state index contributed by atoms with van der Waals surface area (Å²) < 4.78 is 28.4. The van der Waals surface area contributed by atoms with Crippen LogP contribution in [-0.4, -0.2) is 67.2 Å². The molecule has 0 aromatic heterocycles. The number of sulfonamides is 1. The van der Waals surface area contributed by atoms with Crippen molar-refractivity contribution in [2.45, 2.75) is 61.7 Å². The third-order valence-corrected chi connectivity index (χ3v) is 9.76. The van der Waals surface area contributed by atoms with Crippen molar-refractivity contribution in [3.8, 4) is 0 Å². The normalized spacial score (nSPS) is 19.8. The minimum absolute atomic E-state index is 0.0109. The van der Waals surface area contributed by atoms with E-state index in [1.54, 1.807) is 4.90 Å². The van der Waals surface area contributed by atoms with Crippen LogP contribution in [0.4, 0.5) is 0 Å². The lowest BCUT2D eigenvalue weighted by Crippen LogP contribution is -2.41. The summed E-state index contributed by atoms with van der Waals surface area (Å²) in [6.45, 7) is 1.12. The van der Waals surface area contributed by atoms with Gasteiger partial charge in [0.25, 0.3) is 5.91 Å². The number of fused-ring (bicyclic) bond motifs is 1. The summed E-state index contributed by atoms with van der Waals surface area (Å²) in [4.78, 5) is 28.0. The number of aliphatic hydroxyl groups excluding tert-OH is 2. The number of hydrogen-bond donors (Lipinski definition) is 4. The Kier molecular flexibility index (Phi) is 9.92. The highest BCUT2D eigenvalue weighted by Gasteiger charge is 2.34. The van der Waals surface area contributed by atoms with E-state index in [0.717, 1.165) is 36.0 Å². The van der Waals surface area contributed by atoms with Crippen LogP contribution >= 0.6 is 0 Å². The van der Waals surface area contributed by atoms with Crippen molar-refractivity contribution in [3.05, 3.63) is 101 Å². The molecular formula is C33H39N3O6S. The monoisotopic (exact) mass is 605 g/mol. The number of aliphatic hydroxyl groups is 2. The number of nitrogens with zero attached hydrogens (tertiary/aromatic N) is 1. The standard InChI is InChI=1S/C33H39N3O6S/c37-27(22-34-43(41,42)28-15-13-24(14-16-28)33(40)36-17-7-2-8-18-36)20-26(19-23-9-3-1-4-10-23)32(39)35-31-29-12-6-5-11-25(29)21-30(31)38/h1,3-6,9-16,26-27,30-31,34,37-38H,2,7-8,17-22H2,(H,35,39). The fourth-order valence-electron chi connectivity index (χ4n) is 5.96. The Bertz CT molecular complexity index is 1510. The van der Waals surface area contributed by atoms with E-state index in [2.05, 4.69) is 10.0 Å². The molecule has 4 atom stereocenters. The number of carbonyl (C=O) groups excluding carboxylic acids is 2. The van der Waals surface area contributed by atoms with E-state index < -0.39 is 34.2 Å². The van der Waals surface area contributed by atoms with Crippen LogP contribution in [-0.2, 0) is 27.7 Å². The first-order valence-corrected chi connectivity index (χ1v) is 16.4. The third kappa shape index (κ3) is 7.69. The maximum absolute atomic E-state index is 13.5. The van der Waals surface area contributed by atoms with Gasteiger partial charge in [-0.15, -0.1) is 0 Å². The van der Waals surface area contributed by atoms with Crippen LogP contribution in [0.3, 0.4) is 0 Å². The van der Waals surface area contributed by atoms with Gasteiger partial charge >= 0.3 is 0 Å². The predicted molar refractivity (Wildman–Crippen MR) is 163 cm³/mol. The Morgan fingerprint density at radius 3 is 2.30 bits per heavy atom. The number of amides is 2. The highest BCUT2D eigenvalue weighted by Crippen LogP contribution is 2.32. The molecule has 1 heterocycles. The molecule has 0 bridgehead atoms. The molecular weight excluding hydrogens is 566 g/mol. The van der Waals surface area contributed by atoms with Gasteiger partial charge in [0, 0.05) is 37.5 Å². The third-order valence-electron chi connectivity index (χ3n) is 8.32. The van der Waals surface area contributed by atoms with Crippen molar-refractivity contribution in [2.75, 3.05) is 19.6 Å². The van der Waals surface area contributed by atoms with Crippen LogP contribution in [0.2, 0.25) is 0 Å². The SMILES string of the molecule is O=C(NC1c2ccccc2CC1O)C(Cc1ccccc1)CC(O)CNS(=O)(=O)c1ccc(C(=O)N2CCCCC2)cc1. The van der Waals surface area contributed by atoms with Gasteiger partial charge in [0.05, 0.1) is 23.1 Å². The summed E-state index contributed by atoms with van der Waals surface area (Å²) in [6, 6.07) is 22.3. The van der Waals surface area contributed by atoms with E-state index in [1.807, 2.05) is 54.6 Å². The molecule has 10 heteroatoms. The topological polar surface area (TPSA) is 136 Å². The van der Waals surface area contributed by atoms with Crippen LogP contribution in [0.5, 0.6) is 0 Å². The number of rotatable bonds is 11. The molecule has 228 valence electrons. The summed E-state index contributed by atoms with van der Waals surface area (Å²) in [6.07, 6.45) is 1.94. The van der Waals surface area contributed by atoms with E-state index in [1.165, 1.54) is 24.3 Å². The summed E-state index contributed by atoms with van der Waals surface area (Å²) in [5, 5.41) is 24.5. The van der Waals surface area contributed by atoms with Gasteiger partial charge in [0.1, 0.15) is 0 Å². The predicted octanol–water partition coefficient (Wildman–Crippen LogP) is 2.98. The molecule has 0 radical (unpaired) electrons. The molecule has 4 unspecified atom stereocenters. The van der Waals surface area contributed by atoms with Gasteiger partial charge in [0.15, 0.2) is 0 Å². The summed E-state index contributed by atoms with van der Waals surface area (Å²) in [7, 11) is -3.97. The van der Waals surface area contributed by atoms with Gasteiger partial charge in [-0.1, -0.05) is 54.6 Å². The second kappa shape index (κ2) is 13.8. The molecule has 1 saturated heterocycles. The Morgan fingerprint density at radius 1 is 0.907 bits per heavy atom. The Hall–Kier alpha value is -3.57. The second-order valence-corrected chi connectivity index (χ2v) is 13.2. The summed E-state index contributed by atoms with van der Waals surface area (Å²) >= 11 is 0. The van der Waals surface area contributed by atoms with Crippen LogP contribution in [0.1, 0.15) is 58.8 Å². The minimum atomic E-state index is -3.97. The number of hydrogen-bond acceptors (Lipinski definition) is 6. The second-order valence-electron chi connectivity index (χ2n) is 11.5. The van der Waals surface area contributed by atoms with Crippen molar-refractivity contribution < 1.29 is 28.2 Å². The first-order chi connectivity index (χ1) is 20.7. The van der Waals surface area contributed by atoms with Gasteiger partial charge in [-0.3, -0.25) is 9.59 Å². The van der Waals surface area contributed by atoms with Crippen molar-refractivity contribution in [3.63, 3.8) is 0 Å². The number of piperidine rings is 1. The van der Waals surface area contributed by atoms with Gasteiger partial charge in [-0.05, 0) is 73.1 Å². The smallest absolute Gasteiger partial charge is 0.253 e. The zero-order valence-corrected chi connectivity index (χ0v) is 24.9. The van der Waals surface area contributed by atoms with Crippen LogP contribution in [0.25, 0.3) is 0 Å². The molecule has 0 spiro atoms. The molecule has 3 aromatic carbocycles. The fourth-order valence-corrected chi connectivity index (χ4v) is 7.03. The molecule has 43 heavy (non-hydrogen) atoms. The van der Waals surface area contributed by atoms with E-state index in [4.69, 9.17) is 0 Å². The molecule has 9 nitrogen and oxygen atoms in total. The molecule has 3 aromatic rings. The maximum Gasteiger partial charge on any atom is 0.253 e. The Morgan fingerprint density at radius 2 is 1.58 bits per heavy atom. The first kappa shape index (κ1) is 30.9. The molecule has 1 aliphatic heterocycles. The average molecular weight is 606 g/mol. The average Bonchev–Trinajstić information content (AvgIpc) is 3.34. The van der Waals surface area contributed by atoms with Gasteiger partial charge < -0.3 is 20.4 Å². The molecule has 2 amide bonds. The number of carbonyl (C=O) groups is 2. The maximum atomic E-state index is 13.5. The first-order valence-electron chi connectivity index (χ1n) is 14.9. The van der Waals surface area contributed by atoms with Crippen molar-refractivity contribution in [1.82, 2.24) is 14.9 Å². The molecule has 4 N–H and O–H groups in total. The summed E-state index contributed by atoms with van der Waals surface area (Å²) in [5.41, 5.74) is 3.20. The quantitative estimate of drug-likeness (QED) is 0.265. The lowest BCUT2D eigenvalue weighted by molar-refractivity contribution is -0.127. The molecule has 0 saturated carbocycles. The highest BCUT2D eigenvalue weighted by molar-refractivity contribution is 7.89. The number of benzene rings is 3. The number of likely N-dealkylation sites (tertiary alicyclic amines) is 1.